The predicted molar refractivity (Wildman–Crippen MR) is 121 cm³/mol. The van der Waals surface area contributed by atoms with Crippen LogP contribution < -0.4 is 15.4 Å². The summed E-state index contributed by atoms with van der Waals surface area (Å²) in [5, 5.41) is 13.7. The monoisotopic (exact) mass is 460 g/mol. The van der Waals surface area contributed by atoms with Gasteiger partial charge in [0, 0.05) is 31.9 Å². The van der Waals surface area contributed by atoms with Crippen molar-refractivity contribution < 1.29 is 19.1 Å². The van der Waals surface area contributed by atoms with Crippen molar-refractivity contribution in [2.75, 3.05) is 52.7 Å². The molecule has 0 unspecified atom stereocenters. The van der Waals surface area contributed by atoms with Gasteiger partial charge in [0.15, 0.2) is 0 Å². The fraction of sp³-hybridized carbons (Fsp3) is 0.476. The van der Waals surface area contributed by atoms with Crippen molar-refractivity contribution in [3.63, 3.8) is 0 Å². The quantitative estimate of drug-likeness (QED) is 0.610. The van der Waals surface area contributed by atoms with Gasteiger partial charge in [0.05, 0.1) is 13.0 Å². The first kappa shape index (κ1) is 23.6. The Hall–Kier alpha value is -3.05. The number of methoxy groups -OCH3 is 1. The van der Waals surface area contributed by atoms with E-state index in [0.717, 1.165) is 30.7 Å². The molecule has 0 radical (unpaired) electrons. The molecule has 1 saturated heterocycles. The van der Waals surface area contributed by atoms with Crippen LogP contribution in [0.4, 0.5) is 5.69 Å². The lowest BCUT2D eigenvalue weighted by Gasteiger charge is -2.31. The molecule has 32 heavy (non-hydrogen) atoms. The van der Waals surface area contributed by atoms with Crippen LogP contribution in [0.15, 0.2) is 24.3 Å². The smallest absolute Gasteiger partial charge is 0.286 e. The molecule has 11 heteroatoms. The molecule has 1 fully saturated rings. The van der Waals surface area contributed by atoms with E-state index in [1.165, 1.54) is 0 Å². The lowest BCUT2D eigenvalue weighted by Crippen LogP contribution is -2.46. The molecule has 0 saturated carbocycles. The Morgan fingerprint density at radius 3 is 2.59 bits per heavy atom. The Bertz CT molecular complexity index is 946. The number of benzene rings is 1. The molecule has 0 spiro atoms. The number of hydrogen-bond acceptors (Lipinski definition) is 8. The van der Waals surface area contributed by atoms with Crippen molar-refractivity contribution in [2.45, 2.75) is 12.8 Å². The second kappa shape index (κ2) is 11.0. The highest BCUT2D eigenvalue weighted by Gasteiger charge is 2.30. The summed E-state index contributed by atoms with van der Waals surface area (Å²) in [5.74, 6) is -0.361. The fourth-order valence-electron chi connectivity index (χ4n) is 3.32. The SMILES string of the molecule is COc1ccc(NC(=O)c2nnc(C(=O)N3CCC[C@@H](C(=O)NCCN(C)C)C3)s2)cc1. The van der Waals surface area contributed by atoms with E-state index in [1.807, 2.05) is 19.0 Å². The molecular formula is C21H28N6O4S. The molecular weight excluding hydrogens is 432 g/mol. The van der Waals surface area contributed by atoms with Gasteiger partial charge in [0.25, 0.3) is 11.8 Å². The number of likely N-dealkylation sites (N-methyl/N-ethyl adjacent to an activating group) is 1. The maximum atomic E-state index is 12.9. The summed E-state index contributed by atoms with van der Waals surface area (Å²) >= 11 is 0.940. The van der Waals surface area contributed by atoms with E-state index in [-0.39, 0.29) is 27.7 Å². The van der Waals surface area contributed by atoms with Crippen molar-refractivity contribution in [3.05, 3.63) is 34.3 Å². The van der Waals surface area contributed by atoms with Crippen molar-refractivity contribution in [1.29, 1.82) is 0 Å². The minimum absolute atomic E-state index is 0.0406. The van der Waals surface area contributed by atoms with Gasteiger partial charge < -0.3 is 25.2 Å². The Labute approximate surface area is 190 Å². The van der Waals surface area contributed by atoms with Gasteiger partial charge in [0.1, 0.15) is 5.75 Å². The number of nitrogens with one attached hydrogen (secondary N) is 2. The van der Waals surface area contributed by atoms with Crippen molar-refractivity contribution in [2.24, 2.45) is 5.92 Å². The molecule has 10 nitrogen and oxygen atoms in total. The van der Waals surface area contributed by atoms with E-state index in [1.54, 1.807) is 36.3 Å². The summed E-state index contributed by atoms with van der Waals surface area (Å²) in [6.07, 6.45) is 1.48. The third kappa shape index (κ3) is 6.24. The molecule has 2 N–H and O–H groups in total. The number of piperidine rings is 1. The maximum absolute atomic E-state index is 12.9. The Kier molecular flexibility index (Phi) is 8.12. The molecule has 1 atom stereocenters. The largest absolute Gasteiger partial charge is 0.497 e. The van der Waals surface area contributed by atoms with Gasteiger partial charge in [-0.2, -0.15) is 0 Å². The maximum Gasteiger partial charge on any atom is 0.286 e. The molecule has 0 bridgehead atoms. The number of carbonyl (C=O) groups is 3. The zero-order chi connectivity index (χ0) is 23.1. The minimum Gasteiger partial charge on any atom is -0.497 e. The van der Waals surface area contributed by atoms with Crippen molar-refractivity contribution in [3.8, 4) is 5.75 Å². The Morgan fingerprint density at radius 1 is 1.19 bits per heavy atom. The van der Waals surface area contributed by atoms with Crippen LogP contribution >= 0.6 is 11.3 Å². The Morgan fingerprint density at radius 2 is 1.91 bits per heavy atom. The molecule has 2 heterocycles. The summed E-state index contributed by atoms with van der Waals surface area (Å²) in [6, 6.07) is 6.88. The number of likely N-dealkylation sites (tertiary alicyclic amines) is 1. The Balaban J connectivity index is 1.57. The van der Waals surface area contributed by atoms with Gasteiger partial charge in [-0.1, -0.05) is 11.3 Å². The summed E-state index contributed by atoms with van der Waals surface area (Å²) in [5.41, 5.74) is 0.582. The molecule has 1 aromatic heterocycles. The molecule has 1 aliphatic rings. The van der Waals surface area contributed by atoms with Gasteiger partial charge in [-0.3, -0.25) is 14.4 Å². The first-order chi connectivity index (χ1) is 15.4. The molecule has 3 amide bonds. The topological polar surface area (TPSA) is 117 Å². The van der Waals surface area contributed by atoms with Crippen LogP contribution in [0, 0.1) is 5.92 Å². The van der Waals surface area contributed by atoms with Crippen LogP contribution in [-0.2, 0) is 4.79 Å². The van der Waals surface area contributed by atoms with Crippen LogP contribution in [0.25, 0.3) is 0 Å². The number of anilines is 1. The van der Waals surface area contributed by atoms with Crippen LogP contribution in [0.2, 0.25) is 0 Å². The van der Waals surface area contributed by atoms with E-state index < -0.39 is 5.91 Å². The van der Waals surface area contributed by atoms with Crippen LogP contribution in [0.5, 0.6) is 5.75 Å². The highest BCUT2D eigenvalue weighted by Crippen LogP contribution is 2.21. The van der Waals surface area contributed by atoms with E-state index in [4.69, 9.17) is 4.74 Å². The van der Waals surface area contributed by atoms with Crippen molar-refractivity contribution in [1.82, 2.24) is 25.3 Å². The van der Waals surface area contributed by atoms with Gasteiger partial charge in [-0.15, -0.1) is 10.2 Å². The number of aromatic nitrogens is 2. The van der Waals surface area contributed by atoms with Crippen LogP contribution in [0.3, 0.4) is 0 Å². The standard InChI is InChI=1S/C21H28N6O4S/c1-26(2)12-10-22-17(28)14-5-4-11-27(13-14)21(30)20-25-24-19(32-20)18(29)23-15-6-8-16(31-3)9-7-15/h6-9,14H,4-5,10-13H2,1-3H3,(H,22,28)(H,23,29)/t14-/m1/s1. The summed E-state index contributed by atoms with van der Waals surface area (Å²) in [7, 11) is 5.46. The first-order valence-electron chi connectivity index (χ1n) is 10.4. The van der Waals surface area contributed by atoms with E-state index in [2.05, 4.69) is 20.8 Å². The van der Waals surface area contributed by atoms with Crippen LogP contribution in [-0.4, -0.2) is 85.1 Å². The summed E-state index contributed by atoms with van der Waals surface area (Å²) < 4.78 is 5.09. The number of nitrogens with zero attached hydrogens (tertiary/aromatic N) is 4. The lowest BCUT2D eigenvalue weighted by atomic mass is 9.97. The van der Waals surface area contributed by atoms with Gasteiger partial charge in [-0.05, 0) is 51.2 Å². The van der Waals surface area contributed by atoms with Gasteiger partial charge >= 0.3 is 0 Å². The predicted octanol–water partition coefficient (Wildman–Crippen LogP) is 1.33. The fourth-order valence-corrected chi connectivity index (χ4v) is 4.02. The highest BCUT2D eigenvalue weighted by molar-refractivity contribution is 7.15. The second-order valence-electron chi connectivity index (χ2n) is 7.78. The highest BCUT2D eigenvalue weighted by atomic mass is 32.1. The van der Waals surface area contributed by atoms with E-state index >= 15 is 0 Å². The number of carbonyl (C=O) groups excluding carboxylic acids is 3. The second-order valence-corrected chi connectivity index (χ2v) is 8.76. The lowest BCUT2D eigenvalue weighted by molar-refractivity contribution is -0.126. The average Bonchev–Trinajstić information content (AvgIpc) is 3.29. The van der Waals surface area contributed by atoms with Crippen molar-refractivity contribution >= 4 is 34.7 Å². The normalized spacial score (nSPS) is 16.0. The van der Waals surface area contributed by atoms with Gasteiger partial charge in [0.2, 0.25) is 15.9 Å². The average molecular weight is 461 g/mol. The molecule has 1 aromatic carbocycles. The number of rotatable bonds is 8. The van der Waals surface area contributed by atoms with E-state index in [0.29, 0.717) is 31.1 Å². The number of ether oxygens (including phenoxy) is 1. The first-order valence-corrected chi connectivity index (χ1v) is 11.2. The number of hydrogen-bond donors (Lipinski definition) is 2. The summed E-state index contributed by atoms with van der Waals surface area (Å²) in [4.78, 5) is 41.4. The zero-order valence-electron chi connectivity index (χ0n) is 18.5. The minimum atomic E-state index is -0.441. The third-order valence-corrected chi connectivity index (χ3v) is 6.00. The molecule has 3 rings (SSSR count). The number of amides is 3. The molecule has 2 aromatic rings. The molecule has 172 valence electrons. The van der Waals surface area contributed by atoms with Gasteiger partial charge in [-0.25, -0.2) is 0 Å². The van der Waals surface area contributed by atoms with Crippen LogP contribution in [0.1, 0.15) is 32.4 Å². The molecule has 0 aliphatic carbocycles. The zero-order valence-corrected chi connectivity index (χ0v) is 19.3. The molecule has 1 aliphatic heterocycles. The third-order valence-electron chi connectivity index (χ3n) is 5.09. The summed E-state index contributed by atoms with van der Waals surface area (Å²) in [6.45, 7) is 2.21. The van der Waals surface area contributed by atoms with E-state index in [9.17, 15) is 14.4 Å².